The molecule has 4 aromatic rings. The molecule has 1 aliphatic heterocycles. The predicted molar refractivity (Wildman–Crippen MR) is 191 cm³/mol. The zero-order chi connectivity index (χ0) is 34.1. The number of halogens is 1. The number of methoxy groups -OCH3 is 1. The second kappa shape index (κ2) is 14.3. The number of nitrogens with zero attached hydrogens (tertiary/aromatic N) is 5. The quantitative estimate of drug-likeness (QED) is 0.165. The summed E-state index contributed by atoms with van der Waals surface area (Å²) in [6, 6.07) is 0.0182. The standard InChI is InChI=1S/C22H22N4O3S.C13H13ClN2O2S/c1-3-29-22(27)13-4-5-14-18(9-13)30-21-19(14)20(24-11-25-21)26-16-8-12-6-7-23-15(12)10-17(16)28-2;1-2-18-13(17)7-3-4-8-9(5-7)19-12-10(8)11(14)15-6-16-12/h6-8,10-11,13,15H,3-5,9H2,1-2H3,(H,24,25,26);6-7H,2-5H2,1H3/t13-,15?;7-/m00/s1. The van der Waals surface area contributed by atoms with Gasteiger partial charge in [-0.05, 0) is 87.3 Å². The molecule has 0 aromatic carbocycles. The molecule has 0 saturated carbocycles. The fourth-order valence-electron chi connectivity index (χ4n) is 6.75. The maximum Gasteiger partial charge on any atom is 0.309 e. The van der Waals surface area contributed by atoms with Crippen molar-refractivity contribution in [3.8, 4) is 0 Å². The monoisotopic (exact) mass is 718 g/mol. The number of esters is 2. The van der Waals surface area contributed by atoms with E-state index in [1.165, 1.54) is 27.2 Å². The summed E-state index contributed by atoms with van der Waals surface area (Å²) in [5, 5.41) is 5.98. The van der Waals surface area contributed by atoms with E-state index in [1.807, 2.05) is 32.2 Å². The molecule has 0 radical (unpaired) electrons. The average Bonchev–Trinajstić information content (AvgIpc) is 3.83. The van der Waals surface area contributed by atoms with Crippen molar-refractivity contribution in [3.05, 3.63) is 73.9 Å². The topological polar surface area (TPSA) is 138 Å². The van der Waals surface area contributed by atoms with E-state index in [2.05, 4.69) is 36.3 Å². The van der Waals surface area contributed by atoms with Crippen LogP contribution in [0.25, 0.3) is 20.4 Å². The smallest absolute Gasteiger partial charge is 0.309 e. The molecule has 8 rings (SSSR count). The molecule has 0 amide bonds. The van der Waals surface area contributed by atoms with Crippen molar-refractivity contribution < 1.29 is 23.8 Å². The highest BCUT2D eigenvalue weighted by Crippen LogP contribution is 2.42. The van der Waals surface area contributed by atoms with Crippen molar-refractivity contribution in [1.29, 1.82) is 0 Å². The van der Waals surface area contributed by atoms with Crippen LogP contribution in [0.3, 0.4) is 0 Å². The van der Waals surface area contributed by atoms with Crippen LogP contribution in [0.1, 0.15) is 47.6 Å². The lowest BCUT2D eigenvalue weighted by molar-refractivity contribution is -0.149. The van der Waals surface area contributed by atoms with E-state index in [1.54, 1.807) is 36.1 Å². The van der Waals surface area contributed by atoms with Crippen LogP contribution >= 0.6 is 34.3 Å². The van der Waals surface area contributed by atoms with Crippen LogP contribution < -0.4 is 5.32 Å². The van der Waals surface area contributed by atoms with Crippen molar-refractivity contribution in [2.24, 2.45) is 16.8 Å². The Kier molecular flexibility index (Phi) is 9.75. The van der Waals surface area contributed by atoms with Gasteiger partial charge in [-0.3, -0.25) is 14.6 Å². The van der Waals surface area contributed by atoms with Gasteiger partial charge in [-0.25, -0.2) is 19.9 Å². The minimum atomic E-state index is -0.103. The fraction of sp³-hybridized carbons (Fsp3) is 0.400. The Morgan fingerprint density at radius 2 is 1.51 bits per heavy atom. The Morgan fingerprint density at radius 3 is 2.14 bits per heavy atom. The Balaban J connectivity index is 0.000000171. The van der Waals surface area contributed by atoms with Crippen molar-refractivity contribution in [2.45, 2.75) is 58.4 Å². The first-order chi connectivity index (χ1) is 23.9. The minimum absolute atomic E-state index is 0.0182. The molecule has 3 aliphatic carbocycles. The number of carbonyl (C=O) groups is 2. The first-order valence-corrected chi connectivity index (χ1v) is 18.4. The number of aromatic nitrogens is 4. The van der Waals surface area contributed by atoms with E-state index >= 15 is 0 Å². The molecule has 4 aromatic heterocycles. The van der Waals surface area contributed by atoms with Gasteiger partial charge in [0.2, 0.25) is 0 Å². The summed E-state index contributed by atoms with van der Waals surface area (Å²) in [7, 11) is 1.66. The summed E-state index contributed by atoms with van der Waals surface area (Å²) in [6.45, 7) is 4.53. The fourth-order valence-corrected chi connectivity index (χ4v) is 9.59. The highest BCUT2D eigenvalue weighted by atomic mass is 35.5. The van der Waals surface area contributed by atoms with E-state index in [0.717, 1.165) is 75.4 Å². The normalized spacial score (nSPS) is 20.6. The molecular formula is C35H35ClN6O5S2. The number of hydrogen-bond acceptors (Lipinski definition) is 13. The van der Waals surface area contributed by atoms with Gasteiger partial charge in [0.25, 0.3) is 0 Å². The van der Waals surface area contributed by atoms with Gasteiger partial charge in [-0.2, -0.15) is 0 Å². The average molecular weight is 719 g/mol. The molecular weight excluding hydrogens is 684 g/mol. The predicted octanol–water partition coefficient (Wildman–Crippen LogP) is 6.59. The highest BCUT2D eigenvalue weighted by Gasteiger charge is 2.31. The van der Waals surface area contributed by atoms with E-state index < -0.39 is 0 Å². The largest absolute Gasteiger partial charge is 0.495 e. The summed E-state index contributed by atoms with van der Waals surface area (Å²) in [6.07, 6.45) is 15.6. The number of thiophene rings is 2. The van der Waals surface area contributed by atoms with E-state index in [9.17, 15) is 9.59 Å². The number of fused-ring (bicyclic) bond motifs is 7. The van der Waals surface area contributed by atoms with Gasteiger partial charge in [0.05, 0.1) is 54.7 Å². The Labute approximate surface area is 296 Å². The number of carbonyl (C=O) groups excluding carboxylic acids is 2. The Hall–Kier alpha value is -4.20. The van der Waals surface area contributed by atoms with Crippen LogP contribution in [0, 0.1) is 11.8 Å². The summed E-state index contributed by atoms with van der Waals surface area (Å²) in [4.78, 5) is 50.0. The number of aryl methyl sites for hydroxylation is 2. The zero-order valence-corrected chi connectivity index (χ0v) is 29.7. The van der Waals surface area contributed by atoms with Gasteiger partial charge in [0.1, 0.15) is 39.0 Å². The van der Waals surface area contributed by atoms with E-state index in [-0.39, 0.29) is 29.8 Å². The summed E-state index contributed by atoms with van der Waals surface area (Å²) < 4.78 is 15.9. The van der Waals surface area contributed by atoms with Crippen LogP contribution in [0.4, 0.5) is 5.82 Å². The van der Waals surface area contributed by atoms with Crippen LogP contribution in [-0.2, 0) is 49.5 Å². The van der Waals surface area contributed by atoms with Gasteiger partial charge in [0, 0.05) is 16.0 Å². The van der Waals surface area contributed by atoms with Crippen LogP contribution in [0.2, 0.25) is 5.15 Å². The summed E-state index contributed by atoms with van der Waals surface area (Å²) in [5.74, 6) is 1.20. The van der Waals surface area contributed by atoms with Crippen molar-refractivity contribution >= 4 is 78.7 Å². The number of aliphatic imine (C=N–C) groups is 1. The van der Waals surface area contributed by atoms with Gasteiger partial charge >= 0.3 is 11.9 Å². The molecule has 5 heterocycles. The third-order valence-corrected chi connectivity index (χ3v) is 11.7. The van der Waals surface area contributed by atoms with Crippen molar-refractivity contribution in [2.75, 3.05) is 25.6 Å². The number of anilines is 1. The van der Waals surface area contributed by atoms with Crippen LogP contribution in [0.15, 0.2) is 52.9 Å². The Bertz CT molecular complexity index is 2070. The number of rotatable bonds is 7. The van der Waals surface area contributed by atoms with Gasteiger partial charge < -0.3 is 19.5 Å². The zero-order valence-electron chi connectivity index (χ0n) is 27.3. The van der Waals surface area contributed by atoms with Crippen molar-refractivity contribution in [1.82, 2.24) is 19.9 Å². The molecule has 3 atom stereocenters. The lowest BCUT2D eigenvalue weighted by atomic mass is 9.88. The summed E-state index contributed by atoms with van der Waals surface area (Å²) >= 11 is 9.40. The maximum atomic E-state index is 12.2. The lowest BCUT2D eigenvalue weighted by Gasteiger charge is -2.22. The lowest BCUT2D eigenvalue weighted by Crippen LogP contribution is -2.23. The van der Waals surface area contributed by atoms with Crippen molar-refractivity contribution in [3.63, 3.8) is 0 Å². The third-order valence-electron chi connectivity index (χ3n) is 9.10. The number of hydrogen-bond donors (Lipinski definition) is 1. The second-order valence-electron chi connectivity index (χ2n) is 12.0. The molecule has 0 saturated heterocycles. The molecule has 0 fully saturated rings. The van der Waals surface area contributed by atoms with Crippen LogP contribution in [-0.4, -0.2) is 64.5 Å². The van der Waals surface area contributed by atoms with Crippen LogP contribution in [0.5, 0.6) is 0 Å². The number of nitrogens with one attached hydrogen (secondary N) is 1. The molecule has 1 unspecified atom stereocenters. The summed E-state index contributed by atoms with van der Waals surface area (Å²) in [5.41, 5.74) is 4.42. The van der Waals surface area contributed by atoms with Gasteiger partial charge in [-0.1, -0.05) is 11.6 Å². The molecule has 0 spiro atoms. The maximum absolute atomic E-state index is 12.2. The molecule has 0 bridgehead atoms. The highest BCUT2D eigenvalue weighted by molar-refractivity contribution is 7.19. The molecule has 4 aliphatic rings. The second-order valence-corrected chi connectivity index (χ2v) is 14.5. The Morgan fingerprint density at radius 1 is 0.898 bits per heavy atom. The molecule has 14 heteroatoms. The first-order valence-electron chi connectivity index (χ1n) is 16.4. The molecule has 11 nitrogen and oxygen atoms in total. The number of ether oxygens (including phenoxy) is 3. The molecule has 254 valence electrons. The van der Waals surface area contributed by atoms with Gasteiger partial charge in [-0.15, -0.1) is 22.7 Å². The third kappa shape index (κ3) is 6.59. The number of allylic oxidation sites excluding steroid dienone is 1. The SMILES string of the molecule is CCOC(=O)[C@H]1CCc2c(sc3ncnc(Cl)c23)C1.CCOC(=O)[C@H]1CCc2c(sc3ncnc(NC4=CC5=CC=NC5C=C4OC)c23)C1. The molecule has 49 heavy (non-hydrogen) atoms. The molecule has 1 N–H and O–H groups in total. The first kappa shape index (κ1) is 33.3. The van der Waals surface area contributed by atoms with E-state index in [0.29, 0.717) is 24.8 Å². The van der Waals surface area contributed by atoms with Gasteiger partial charge in [0.15, 0.2) is 0 Å². The minimum Gasteiger partial charge on any atom is -0.495 e. The van der Waals surface area contributed by atoms with E-state index in [4.69, 9.17) is 25.8 Å².